The van der Waals surface area contributed by atoms with Crippen molar-refractivity contribution in [1.29, 1.82) is 0 Å². The summed E-state index contributed by atoms with van der Waals surface area (Å²) in [6.45, 7) is 3.70. The van der Waals surface area contributed by atoms with Gasteiger partial charge in [0.2, 0.25) is 5.91 Å². The fourth-order valence-electron chi connectivity index (χ4n) is 2.77. The summed E-state index contributed by atoms with van der Waals surface area (Å²) >= 11 is 0. The van der Waals surface area contributed by atoms with Crippen LogP contribution >= 0.6 is 0 Å². The number of hydrogen-bond acceptors (Lipinski definition) is 3. The first-order valence-corrected chi connectivity index (χ1v) is 7.34. The molecule has 2 amide bonds. The van der Waals surface area contributed by atoms with Gasteiger partial charge in [-0.1, -0.05) is 6.07 Å². The van der Waals surface area contributed by atoms with Gasteiger partial charge in [-0.2, -0.15) is 0 Å². The molecule has 114 valence electrons. The van der Waals surface area contributed by atoms with Crippen LogP contribution in [-0.2, 0) is 4.79 Å². The van der Waals surface area contributed by atoms with Crippen molar-refractivity contribution in [3.63, 3.8) is 0 Å². The lowest BCUT2D eigenvalue weighted by Gasteiger charge is -2.29. The van der Waals surface area contributed by atoms with Crippen LogP contribution in [0.4, 0.5) is 5.69 Å². The number of benzene rings is 1. The number of nitrogens with one attached hydrogen (secondary N) is 2. The van der Waals surface area contributed by atoms with Crippen molar-refractivity contribution in [3.8, 4) is 0 Å². The van der Waals surface area contributed by atoms with E-state index in [2.05, 4.69) is 15.5 Å². The molecule has 1 aromatic carbocycles. The molecule has 1 unspecified atom stereocenters. The van der Waals surface area contributed by atoms with Gasteiger partial charge in [-0.25, -0.2) is 0 Å². The Morgan fingerprint density at radius 1 is 1.33 bits per heavy atom. The fourth-order valence-corrected chi connectivity index (χ4v) is 2.77. The lowest BCUT2D eigenvalue weighted by Crippen LogP contribution is -2.38. The maximum Gasteiger partial charge on any atom is 0.251 e. The molecule has 0 aromatic heterocycles. The molecule has 1 saturated heterocycles. The molecule has 1 aliphatic heterocycles. The Morgan fingerprint density at radius 3 is 2.76 bits per heavy atom. The number of likely N-dealkylation sites (tertiary alicyclic amines) is 1. The van der Waals surface area contributed by atoms with E-state index in [1.165, 1.54) is 0 Å². The molecule has 1 aromatic rings. The Hall–Kier alpha value is -1.88. The highest BCUT2D eigenvalue weighted by Gasteiger charge is 2.24. The lowest BCUT2D eigenvalue weighted by atomic mass is 9.97. The average molecular weight is 289 g/mol. The molecule has 5 nitrogen and oxygen atoms in total. The summed E-state index contributed by atoms with van der Waals surface area (Å²) in [6, 6.07) is 5.39. The quantitative estimate of drug-likeness (QED) is 0.889. The van der Waals surface area contributed by atoms with E-state index in [0.29, 0.717) is 11.3 Å². The molecule has 1 heterocycles. The predicted molar refractivity (Wildman–Crippen MR) is 83.4 cm³/mol. The van der Waals surface area contributed by atoms with E-state index in [9.17, 15) is 9.59 Å². The molecule has 0 radical (unpaired) electrons. The third-order valence-corrected chi connectivity index (χ3v) is 4.06. The molecular formula is C16H23N3O2. The second-order valence-corrected chi connectivity index (χ2v) is 5.65. The second-order valence-electron chi connectivity index (χ2n) is 5.65. The first kappa shape index (κ1) is 15.5. The monoisotopic (exact) mass is 289 g/mol. The SMILES string of the molecule is CNC(=O)c1cccc(NC(=O)C2CCCN(C)C2)c1C. The lowest BCUT2D eigenvalue weighted by molar-refractivity contribution is -0.121. The Bertz CT molecular complexity index is 542. The van der Waals surface area contributed by atoms with Crippen molar-refractivity contribution in [1.82, 2.24) is 10.2 Å². The van der Waals surface area contributed by atoms with Crippen molar-refractivity contribution in [2.24, 2.45) is 5.92 Å². The number of nitrogens with zero attached hydrogens (tertiary/aromatic N) is 1. The van der Waals surface area contributed by atoms with Crippen LogP contribution < -0.4 is 10.6 Å². The minimum Gasteiger partial charge on any atom is -0.355 e. The first-order chi connectivity index (χ1) is 10.0. The van der Waals surface area contributed by atoms with E-state index in [1.54, 1.807) is 19.2 Å². The highest BCUT2D eigenvalue weighted by Crippen LogP contribution is 2.22. The van der Waals surface area contributed by atoms with Crippen LogP contribution in [0.3, 0.4) is 0 Å². The topological polar surface area (TPSA) is 61.4 Å². The summed E-state index contributed by atoms with van der Waals surface area (Å²) in [7, 11) is 3.64. The standard InChI is InChI=1S/C16H23N3O2/c1-11-13(16(21)17-2)7-4-8-14(11)18-15(20)12-6-5-9-19(3)10-12/h4,7-8,12H,5-6,9-10H2,1-3H3,(H,17,21)(H,18,20). The maximum atomic E-state index is 12.4. The van der Waals surface area contributed by atoms with E-state index in [-0.39, 0.29) is 17.7 Å². The van der Waals surface area contributed by atoms with Crippen molar-refractivity contribution in [2.45, 2.75) is 19.8 Å². The molecule has 1 fully saturated rings. The van der Waals surface area contributed by atoms with E-state index >= 15 is 0 Å². The molecule has 0 bridgehead atoms. The smallest absolute Gasteiger partial charge is 0.251 e. The maximum absolute atomic E-state index is 12.4. The van der Waals surface area contributed by atoms with Crippen LogP contribution in [0.15, 0.2) is 18.2 Å². The van der Waals surface area contributed by atoms with Gasteiger partial charge in [-0.15, -0.1) is 0 Å². The summed E-state index contributed by atoms with van der Waals surface area (Å²) in [5, 5.41) is 5.59. The van der Waals surface area contributed by atoms with Gasteiger partial charge in [0.1, 0.15) is 0 Å². The fraction of sp³-hybridized carbons (Fsp3) is 0.500. The van der Waals surface area contributed by atoms with Crippen LogP contribution in [0.25, 0.3) is 0 Å². The Morgan fingerprint density at radius 2 is 2.10 bits per heavy atom. The summed E-state index contributed by atoms with van der Waals surface area (Å²) in [5.74, 6) is -0.0773. The summed E-state index contributed by atoms with van der Waals surface area (Å²) in [4.78, 5) is 26.3. The molecule has 5 heteroatoms. The first-order valence-electron chi connectivity index (χ1n) is 7.34. The van der Waals surface area contributed by atoms with Crippen LogP contribution in [-0.4, -0.2) is 43.9 Å². The third-order valence-electron chi connectivity index (χ3n) is 4.06. The molecule has 2 N–H and O–H groups in total. The van der Waals surface area contributed by atoms with Crippen molar-refractivity contribution < 1.29 is 9.59 Å². The zero-order valence-corrected chi connectivity index (χ0v) is 12.9. The number of carbonyl (C=O) groups excluding carboxylic acids is 2. The Kier molecular flexibility index (Phi) is 4.96. The van der Waals surface area contributed by atoms with Gasteiger partial charge in [-0.05, 0) is 51.1 Å². The van der Waals surface area contributed by atoms with Crippen molar-refractivity contribution in [2.75, 3.05) is 32.5 Å². The molecule has 0 saturated carbocycles. The number of carbonyl (C=O) groups is 2. The van der Waals surface area contributed by atoms with Gasteiger partial charge in [-0.3, -0.25) is 9.59 Å². The highest BCUT2D eigenvalue weighted by molar-refractivity contribution is 5.99. The summed E-state index contributed by atoms with van der Waals surface area (Å²) < 4.78 is 0. The van der Waals surface area contributed by atoms with Gasteiger partial charge in [0, 0.05) is 24.8 Å². The van der Waals surface area contributed by atoms with Gasteiger partial charge in [0.25, 0.3) is 5.91 Å². The van der Waals surface area contributed by atoms with E-state index < -0.39 is 0 Å². The molecule has 1 aliphatic rings. The number of anilines is 1. The number of piperidine rings is 1. The minimum absolute atomic E-state index is 0.0202. The Labute approximate surface area is 125 Å². The molecule has 21 heavy (non-hydrogen) atoms. The van der Waals surface area contributed by atoms with Gasteiger partial charge < -0.3 is 15.5 Å². The van der Waals surface area contributed by atoms with E-state index in [0.717, 1.165) is 31.5 Å². The minimum atomic E-state index is -0.138. The molecular weight excluding hydrogens is 266 g/mol. The predicted octanol–water partition coefficient (Wildman–Crippen LogP) is 1.63. The number of rotatable bonds is 3. The van der Waals surface area contributed by atoms with Crippen LogP contribution in [0, 0.1) is 12.8 Å². The third kappa shape index (κ3) is 3.61. The molecule has 0 spiro atoms. The summed E-state index contributed by atoms with van der Waals surface area (Å²) in [6.07, 6.45) is 1.97. The molecule has 2 rings (SSSR count). The van der Waals surface area contributed by atoms with E-state index in [4.69, 9.17) is 0 Å². The van der Waals surface area contributed by atoms with Gasteiger partial charge in [0.15, 0.2) is 0 Å². The zero-order valence-electron chi connectivity index (χ0n) is 12.9. The largest absolute Gasteiger partial charge is 0.355 e. The van der Waals surface area contributed by atoms with Crippen molar-refractivity contribution >= 4 is 17.5 Å². The molecule has 0 aliphatic carbocycles. The van der Waals surface area contributed by atoms with Crippen LogP contribution in [0.1, 0.15) is 28.8 Å². The van der Waals surface area contributed by atoms with Crippen LogP contribution in [0.2, 0.25) is 0 Å². The van der Waals surface area contributed by atoms with Crippen LogP contribution in [0.5, 0.6) is 0 Å². The Balaban J connectivity index is 2.12. The van der Waals surface area contributed by atoms with Crippen molar-refractivity contribution in [3.05, 3.63) is 29.3 Å². The van der Waals surface area contributed by atoms with Gasteiger partial charge >= 0.3 is 0 Å². The highest BCUT2D eigenvalue weighted by atomic mass is 16.2. The average Bonchev–Trinajstić information content (AvgIpc) is 2.48. The normalized spacial score (nSPS) is 19.1. The number of hydrogen-bond donors (Lipinski definition) is 2. The molecule has 1 atom stereocenters. The summed E-state index contributed by atoms with van der Waals surface area (Å²) in [5.41, 5.74) is 2.11. The zero-order chi connectivity index (χ0) is 15.4. The van der Waals surface area contributed by atoms with Gasteiger partial charge in [0.05, 0.1) is 5.92 Å². The van der Waals surface area contributed by atoms with E-state index in [1.807, 2.05) is 20.0 Å². The second kappa shape index (κ2) is 6.72. The number of amides is 2.